The van der Waals surface area contributed by atoms with Crippen LogP contribution in [0.3, 0.4) is 0 Å². The summed E-state index contributed by atoms with van der Waals surface area (Å²) < 4.78 is 1.34. The summed E-state index contributed by atoms with van der Waals surface area (Å²) in [6.45, 7) is 5.50. The van der Waals surface area contributed by atoms with Gasteiger partial charge in [0.2, 0.25) is 0 Å². The molecule has 2 rings (SSSR count). The molecule has 1 unspecified atom stereocenters. The Morgan fingerprint density at radius 2 is 2.31 bits per heavy atom. The molecule has 0 aliphatic heterocycles. The number of fused-ring (bicyclic) bond motifs is 1. The number of nitrogens with zero attached hydrogens (tertiary/aromatic N) is 1. The maximum atomic E-state index is 4.49. The quantitative estimate of drug-likeness (QED) is 0.859. The van der Waals surface area contributed by atoms with Crippen LogP contribution >= 0.6 is 11.3 Å². The van der Waals surface area contributed by atoms with E-state index in [1.54, 1.807) is 11.3 Å². The van der Waals surface area contributed by atoms with Crippen LogP contribution in [0.2, 0.25) is 0 Å². The molecule has 0 saturated heterocycles. The zero-order valence-corrected chi connectivity index (χ0v) is 10.7. The van der Waals surface area contributed by atoms with Crippen molar-refractivity contribution in [1.82, 2.24) is 10.3 Å². The first-order valence-electron chi connectivity index (χ1n) is 5.85. The van der Waals surface area contributed by atoms with Crippen molar-refractivity contribution in [2.45, 2.75) is 32.7 Å². The van der Waals surface area contributed by atoms with Crippen molar-refractivity contribution in [3.05, 3.63) is 29.4 Å². The average Bonchev–Trinajstić information content (AvgIpc) is 2.75. The molecule has 0 aromatic carbocycles. The number of hydrogen-bond acceptors (Lipinski definition) is 3. The van der Waals surface area contributed by atoms with Crippen LogP contribution in [0.15, 0.2) is 23.7 Å². The first-order valence-corrected chi connectivity index (χ1v) is 6.73. The third-order valence-corrected chi connectivity index (χ3v) is 3.59. The molecule has 0 spiro atoms. The van der Waals surface area contributed by atoms with E-state index in [0.717, 1.165) is 13.0 Å². The largest absolute Gasteiger partial charge is 0.314 e. The van der Waals surface area contributed by atoms with Crippen LogP contribution in [0.5, 0.6) is 0 Å². The Balaban J connectivity index is 2.11. The summed E-state index contributed by atoms with van der Waals surface area (Å²) in [6.07, 6.45) is 4.11. The Morgan fingerprint density at radius 1 is 1.44 bits per heavy atom. The molecular weight excluding hydrogens is 216 g/mol. The molecule has 0 radical (unpaired) electrons. The molecule has 1 atom stereocenters. The van der Waals surface area contributed by atoms with Crippen LogP contribution in [-0.2, 0) is 6.42 Å². The molecule has 16 heavy (non-hydrogen) atoms. The monoisotopic (exact) mass is 234 g/mol. The summed E-state index contributed by atoms with van der Waals surface area (Å²) >= 11 is 1.79. The lowest BCUT2D eigenvalue weighted by molar-refractivity contribution is 0.540. The molecule has 0 saturated carbocycles. The van der Waals surface area contributed by atoms with E-state index in [-0.39, 0.29) is 0 Å². The fourth-order valence-corrected chi connectivity index (χ4v) is 2.67. The minimum atomic E-state index is 0.498. The molecule has 3 heteroatoms. The maximum Gasteiger partial charge on any atom is 0.0505 e. The van der Waals surface area contributed by atoms with Gasteiger partial charge < -0.3 is 5.32 Å². The lowest BCUT2D eigenvalue weighted by Gasteiger charge is -2.12. The molecule has 2 nitrogen and oxygen atoms in total. The van der Waals surface area contributed by atoms with Gasteiger partial charge in [-0.1, -0.05) is 6.92 Å². The minimum absolute atomic E-state index is 0.498. The minimum Gasteiger partial charge on any atom is -0.314 e. The lowest BCUT2D eigenvalue weighted by atomic mass is 10.1. The second-order valence-electron chi connectivity index (χ2n) is 4.15. The third kappa shape index (κ3) is 2.60. The van der Waals surface area contributed by atoms with Gasteiger partial charge in [-0.05, 0) is 37.4 Å². The van der Waals surface area contributed by atoms with E-state index in [1.807, 2.05) is 6.20 Å². The van der Waals surface area contributed by atoms with Crippen LogP contribution in [0.4, 0.5) is 0 Å². The number of pyridine rings is 1. The van der Waals surface area contributed by atoms with Gasteiger partial charge in [0.15, 0.2) is 0 Å². The molecular formula is C13H18N2S. The van der Waals surface area contributed by atoms with E-state index < -0.39 is 0 Å². The van der Waals surface area contributed by atoms with Gasteiger partial charge in [-0.25, -0.2) is 0 Å². The van der Waals surface area contributed by atoms with Gasteiger partial charge in [-0.3, -0.25) is 4.98 Å². The van der Waals surface area contributed by atoms with Crippen molar-refractivity contribution in [2.24, 2.45) is 0 Å². The summed E-state index contributed by atoms with van der Waals surface area (Å²) in [5.41, 5.74) is 1.22. The molecule has 2 heterocycles. The first-order chi connectivity index (χ1) is 7.81. The smallest absolute Gasteiger partial charge is 0.0505 e. The lowest BCUT2D eigenvalue weighted by Crippen LogP contribution is -2.28. The van der Waals surface area contributed by atoms with E-state index in [0.29, 0.717) is 6.04 Å². The fourth-order valence-electron chi connectivity index (χ4n) is 1.87. The fraction of sp³-hybridized carbons (Fsp3) is 0.462. The number of aromatic nitrogens is 1. The van der Waals surface area contributed by atoms with Crippen molar-refractivity contribution < 1.29 is 0 Å². The van der Waals surface area contributed by atoms with Crippen molar-refractivity contribution in [1.29, 1.82) is 0 Å². The van der Waals surface area contributed by atoms with Crippen LogP contribution in [0.25, 0.3) is 10.1 Å². The first kappa shape index (κ1) is 11.6. The van der Waals surface area contributed by atoms with Crippen molar-refractivity contribution in [2.75, 3.05) is 6.54 Å². The molecule has 2 aromatic heterocycles. The van der Waals surface area contributed by atoms with Gasteiger partial charge in [0.05, 0.1) is 5.69 Å². The van der Waals surface area contributed by atoms with E-state index in [9.17, 15) is 0 Å². The Labute approximate surface area is 101 Å². The van der Waals surface area contributed by atoms with Gasteiger partial charge in [0.25, 0.3) is 0 Å². The summed E-state index contributed by atoms with van der Waals surface area (Å²) in [7, 11) is 0. The van der Waals surface area contributed by atoms with E-state index in [4.69, 9.17) is 0 Å². The summed E-state index contributed by atoms with van der Waals surface area (Å²) in [5, 5.41) is 6.96. The highest BCUT2D eigenvalue weighted by molar-refractivity contribution is 7.17. The second kappa shape index (κ2) is 5.41. The van der Waals surface area contributed by atoms with Gasteiger partial charge in [-0.15, -0.1) is 11.3 Å². The van der Waals surface area contributed by atoms with E-state index in [1.165, 1.54) is 22.2 Å². The normalized spacial score (nSPS) is 13.1. The Morgan fingerprint density at radius 3 is 3.12 bits per heavy atom. The number of nitrogens with one attached hydrogen (secondary N) is 1. The number of rotatable bonds is 5. The van der Waals surface area contributed by atoms with Crippen LogP contribution in [-0.4, -0.2) is 17.6 Å². The molecule has 0 amide bonds. The zero-order valence-electron chi connectivity index (χ0n) is 9.86. The Hall–Kier alpha value is -0.930. The molecule has 0 aliphatic rings. The van der Waals surface area contributed by atoms with E-state index >= 15 is 0 Å². The molecule has 86 valence electrons. The maximum absolute atomic E-state index is 4.49. The van der Waals surface area contributed by atoms with Gasteiger partial charge >= 0.3 is 0 Å². The van der Waals surface area contributed by atoms with Gasteiger partial charge in [0.1, 0.15) is 0 Å². The highest BCUT2D eigenvalue weighted by Gasteiger charge is 2.07. The van der Waals surface area contributed by atoms with Crippen molar-refractivity contribution in [3.8, 4) is 0 Å². The Kier molecular flexibility index (Phi) is 3.91. The molecule has 1 N–H and O–H groups in total. The predicted molar refractivity (Wildman–Crippen MR) is 71.1 cm³/mol. The Bertz CT molecular complexity index is 450. The molecule has 0 aliphatic carbocycles. The number of hydrogen-bond donors (Lipinski definition) is 1. The van der Waals surface area contributed by atoms with Crippen molar-refractivity contribution >= 4 is 21.4 Å². The van der Waals surface area contributed by atoms with Crippen molar-refractivity contribution in [3.63, 3.8) is 0 Å². The standard InChI is InChI=1S/C13H18N2S/c1-3-6-14-10(2)9-12-11-5-8-16-13(11)4-7-15-12/h4-5,7-8,10,14H,3,6,9H2,1-2H3. The SMILES string of the molecule is CCCNC(C)Cc1nccc2sccc12. The third-order valence-electron chi connectivity index (χ3n) is 2.70. The van der Waals surface area contributed by atoms with Crippen LogP contribution in [0, 0.1) is 0 Å². The van der Waals surface area contributed by atoms with Crippen LogP contribution in [0.1, 0.15) is 26.0 Å². The van der Waals surface area contributed by atoms with Crippen LogP contribution < -0.4 is 5.32 Å². The predicted octanol–water partition coefficient (Wildman–Crippen LogP) is 3.23. The summed E-state index contributed by atoms with van der Waals surface area (Å²) in [5.74, 6) is 0. The molecule has 0 fully saturated rings. The van der Waals surface area contributed by atoms with Gasteiger partial charge in [0, 0.05) is 28.7 Å². The second-order valence-corrected chi connectivity index (χ2v) is 5.10. The molecule has 0 bridgehead atoms. The zero-order chi connectivity index (χ0) is 11.4. The van der Waals surface area contributed by atoms with Gasteiger partial charge in [-0.2, -0.15) is 0 Å². The van der Waals surface area contributed by atoms with E-state index in [2.05, 4.69) is 41.7 Å². The summed E-state index contributed by atoms with van der Waals surface area (Å²) in [6, 6.07) is 4.76. The highest BCUT2D eigenvalue weighted by atomic mass is 32.1. The summed E-state index contributed by atoms with van der Waals surface area (Å²) in [4.78, 5) is 4.49. The highest BCUT2D eigenvalue weighted by Crippen LogP contribution is 2.23. The number of thiophene rings is 1. The topological polar surface area (TPSA) is 24.9 Å². The molecule has 2 aromatic rings. The average molecular weight is 234 g/mol.